The van der Waals surface area contributed by atoms with Crippen LogP contribution in [0.15, 0.2) is 18.2 Å². The molecule has 0 saturated carbocycles. The predicted octanol–water partition coefficient (Wildman–Crippen LogP) is 2.14. The topological polar surface area (TPSA) is 70.6 Å². The number of alkyl halides is 2. The van der Waals surface area contributed by atoms with Crippen LogP contribution in [0.5, 0.6) is 5.75 Å². The number of nitrogens with one attached hydrogen (secondary N) is 2. The highest BCUT2D eigenvalue weighted by molar-refractivity contribution is 5.89. The molecule has 0 atom stereocenters. The molecule has 112 valence electrons. The molecular formula is C13H18F2N2O3. The molecular weight excluding hydrogens is 270 g/mol. The molecule has 20 heavy (non-hydrogen) atoms. The second-order valence-corrected chi connectivity index (χ2v) is 4.14. The molecule has 0 aliphatic carbocycles. The summed E-state index contributed by atoms with van der Waals surface area (Å²) in [5.74, 6) is 0.304. The highest BCUT2D eigenvalue weighted by atomic mass is 19.3. The van der Waals surface area contributed by atoms with E-state index in [2.05, 4.69) is 10.6 Å². The van der Waals surface area contributed by atoms with Crippen LogP contribution in [-0.2, 0) is 0 Å². The van der Waals surface area contributed by atoms with Crippen molar-refractivity contribution >= 4 is 11.7 Å². The molecule has 0 radical (unpaired) electrons. The average molecular weight is 288 g/mol. The number of rotatable bonds is 7. The lowest BCUT2D eigenvalue weighted by atomic mass is 10.2. The Morgan fingerprint density at radius 3 is 2.85 bits per heavy atom. The number of aliphatic hydroxyl groups is 1. The zero-order chi connectivity index (χ0) is 15.0. The lowest BCUT2D eigenvalue weighted by molar-refractivity contribution is 0.0816. The van der Waals surface area contributed by atoms with Crippen LogP contribution in [0, 0.1) is 6.92 Å². The van der Waals surface area contributed by atoms with Gasteiger partial charge in [-0.1, -0.05) is 6.07 Å². The molecule has 0 heterocycles. The van der Waals surface area contributed by atoms with Crippen LogP contribution >= 0.6 is 0 Å². The molecule has 0 aromatic heterocycles. The van der Waals surface area contributed by atoms with E-state index in [-0.39, 0.29) is 6.61 Å². The Bertz CT molecular complexity index is 442. The fourth-order valence-corrected chi connectivity index (χ4v) is 1.44. The van der Waals surface area contributed by atoms with Gasteiger partial charge in [0.25, 0.3) is 6.43 Å². The maximum Gasteiger partial charge on any atom is 0.319 e. The van der Waals surface area contributed by atoms with Gasteiger partial charge < -0.3 is 20.5 Å². The molecule has 1 rings (SSSR count). The van der Waals surface area contributed by atoms with Crippen molar-refractivity contribution in [1.82, 2.24) is 5.32 Å². The van der Waals surface area contributed by atoms with E-state index < -0.39 is 19.1 Å². The van der Waals surface area contributed by atoms with E-state index in [1.165, 1.54) is 6.07 Å². The molecule has 0 unspecified atom stereocenters. The highest BCUT2D eigenvalue weighted by Gasteiger charge is 2.08. The van der Waals surface area contributed by atoms with Crippen LogP contribution in [0.2, 0.25) is 0 Å². The molecule has 0 aliphatic rings. The van der Waals surface area contributed by atoms with Crippen molar-refractivity contribution in [3.63, 3.8) is 0 Å². The molecule has 2 amide bonds. The highest BCUT2D eigenvalue weighted by Crippen LogP contribution is 2.23. The third kappa shape index (κ3) is 5.83. The molecule has 0 aliphatic heterocycles. The standard InChI is InChI=1S/C13H18F2N2O3/c1-9-3-4-10(7-11(9)20-8-12(14)15)17-13(19)16-5-2-6-18/h3-4,7,12,18H,2,5-6,8H2,1H3,(H2,16,17,19). The van der Waals surface area contributed by atoms with Crippen LogP contribution in [-0.4, -0.2) is 37.3 Å². The van der Waals surface area contributed by atoms with Crippen molar-refractivity contribution in [3.05, 3.63) is 23.8 Å². The maximum absolute atomic E-state index is 12.1. The summed E-state index contributed by atoms with van der Waals surface area (Å²) in [6.07, 6.45) is -2.09. The van der Waals surface area contributed by atoms with E-state index in [0.29, 0.717) is 30.0 Å². The van der Waals surface area contributed by atoms with E-state index in [1.54, 1.807) is 19.1 Å². The van der Waals surface area contributed by atoms with Gasteiger partial charge in [-0.25, -0.2) is 13.6 Å². The zero-order valence-corrected chi connectivity index (χ0v) is 11.2. The molecule has 1 aromatic rings. The summed E-state index contributed by atoms with van der Waals surface area (Å²) in [4.78, 5) is 11.5. The molecule has 0 bridgehead atoms. The van der Waals surface area contributed by atoms with Gasteiger partial charge in [-0.3, -0.25) is 0 Å². The lowest BCUT2D eigenvalue weighted by Crippen LogP contribution is -2.29. The second-order valence-electron chi connectivity index (χ2n) is 4.14. The summed E-state index contributed by atoms with van der Waals surface area (Å²) >= 11 is 0. The number of halogens is 2. The quantitative estimate of drug-likeness (QED) is 0.673. The third-order valence-electron chi connectivity index (χ3n) is 2.43. The van der Waals surface area contributed by atoms with Crippen molar-refractivity contribution in [2.45, 2.75) is 19.8 Å². The van der Waals surface area contributed by atoms with Gasteiger partial charge in [0.1, 0.15) is 12.4 Å². The molecule has 0 fully saturated rings. The largest absolute Gasteiger partial charge is 0.487 e. The SMILES string of the molecule is Cc1ccc(NC(=O)NCCCO)cc1OCC(F)F. The van der Waals surface area contributed by atoms with Crippen molar-refractivity contribution in [3.8, 4) is 5.75 Å². The first-order valence-corrected chi connectivity index (χ1v) is 6.20. The molecule has 3 N–H and O–H groups in total. The number of ether oxygens (including phenoxy) is 1. The van der Waals surface area contributed by atoms with E-state index in [4.69, 9.17) is 9.84 Å². The van der Waals surface area contributed by atoms with Gasteiger partial charge in [0.05, 0.1) is 0 Å². The Morgan fingerprint density at radius 2 is 2.20 bits per heavy atom. The second kappa shape index (κ2) is 8.31. The van der Waals surface area contributed by atoms with Gasteiger partial charge in [-0.05, 0) is 25.0 Å². The van der Waals surface area contributed by atoms with Crippen molar-refractivity contribution in [2.75, 3.05) is 25.1 Å². The Labute approximate surface area is 115 Å². The van der Waals surface area contributed by atoms with E-state index in [9.17, 15) is 13.6 Å². The maximum atomic E-state index is 12.1. The number of carbonyl (C=O) groups is 1. The monoisotopic (exact) mass is 288 g/mol. The van der Waals surface area contributed by atoms with Crippen molar-refractivity contribution < 1.29 is 23.4 Å². The van der Waals surface area contributed by atoms with Gasteiger partial charge in [-0.2, -0.15) is 0 Å². The number of hydrogen-bond acceptors (Lipinski definition) is 3. The number of aliphatic hydroxyl groups excluding tert-OH is 1. The number of urea groups is 1. The summed E-state index contributed by atoms with van der Waals surface area (Å²) in [7, 11) is 0. The smallest absolute Gasteiger partial charge is 0.319 e. The van der Waals surface area contributed by atoms with Gasteiger partial charge in [-0.15, -0.1) is 0 Å². The molecule has 7 heteroatoms. The molecule has 1 aromatic carbocycles. The first kappa shape index (κ1) is 16.2. The number of carbonyl (C=O) groups excluding carboxylic acids is 1. The van der Waals surface area contributed by atoms with Crippen molar-refractivity contribution in [1.29, 1.82) is 0 Å². The van der Waals surface area contributed by atoms with Gasteiger partial charge in [0.2, 0.25) is 0 Å². The van der Waals surface area contributed by atoms with Gasteiger partial charge in [0.15, 0.2) is 0 Å². The van der Waals surface area contributed by atoms with Gasteiger partial charge in [0, 0.05) is 24.9 Å². The zero-order valence-electron chi connectivity index (χ0n) is 11.2. The lowest BCUT2D eigenvalue weighted by Gasteiger charge is -2.12. The fraction of sp³-hybridized carbons (Fsp3) is 0.462. The van der Waals surface area contributed by atoms with Crippen LogP contribution in [0.1, 0.15) is 12.0 Å². The number of hydrogen-bond donors (Lipinski definition) is 3. The summed E-state index contributed by atoms with van der Waals surface area (Å²) in [6, 6.07) is 4.38. The van der Waals surface area contributed by atoms with Crippen LogP contribution < -0.4 is 15.4 Å². The third-order valence-corrected chi connectivity index (χ3v) is 2.43. The Balaban J connectivity index is 2.57. The minimum absolute atomic E-state index is 0.00354. The minimum atomic E-state index is -2.55. The number of amides is 2. The first-order valence-electron chi connectivity index (χ1n) is 6.20. The van der Waals surface area contributed by atoms with Gasteiger partial charge >= 0.3 is 6.03 Å². The minimum Gasteiger partial charge on any atom is -0.487 e. The summed E-state index contributed by atoms with van der Waals surface area (Å²) in [5, 5.41) is 13.7. The Kier molecular flexibility index (Phi) is 6.72. The van der Waals surface area contributed by atoms with Crippen LogP contribution in [0.4, 0.5) is 19.3 Å². The van der Waals surface area contributed by atoms with Crippen LogP contribution in [0.25, 0.3) is 0 Å². The summed E-state index contributed by atoms with van der Waals surface area (Å²) < 4.78 is 29.2. The van der Waals surface area contributed by atoms with E-state index in [0.717, 1.165) is 0 Å². The molecule has 5 nitrogen and oxygen atoms in total. The first-order chi connectivity index (χ1) is 9.52. The summed E-state index contributed by atoms with van der Waals surface area (Å²) in [6.45, 7) is 1.39. The van der Waals surface area contributed by atoms with Crippen LogP contribution in [0.3, 0.4) is 0 Å². The summed E-state index contributed by atoms with van der Waals surface area (Å²) in [5.41, 5.74) is 1.15. The average Bonchev–Trinajstić information content (AvgIpc) is 2.39. The molecule has 0 spiro atoms. The van der Waals surface area contributed by atoms with E-state index in [1.807, 2.05) is 0 Å². The van der Waals surface area contributed by atoms with Crippen molar-refractivity contribution in [2.24, 2.45) is 0 Å². The normalized spacial score (nSPS) is 10.4. The number of benzene rings is 1. The number of aryl methyl sites for hydroxylation is 1. The van der Waals surface area contributed by atoms with E-state index >= 15 is 0 Å². The predicted molar refractivity (Wildman–Crippen MR) is 71.4 cm³/mol. The number of anilines is 1. The fourth-order valence-electron chi connectivity index (χ4n) is 1.44. The Hall–Kier alpha value is -1.89. The Morgan fingerprint density at radius 1 is 1.45 bits per heavy atom. The molecule has 0 saturated heterocycles.